The lowest BCUT2D eigenvalue weighted by Crippen LogP contribution is -2.58. The van der Waals surface area contributed by atoms with Gasteiger partial charge in [0.05, 0.1) is 12.5 Å². The fraction of sp³-hybridized carbons (Fsp3) is 0.800. The third-order valence-corrected chi connectivity index (χ3v) is 11.1. The van der Waals surface area contributed by atoms with Crippen molar-refractivity contribution in [2.45, 2.75) is 112 Å². The molecule has 0 aliphatic heterocycles. The molecule has 0 amide bonds. The number of carbonyl (C=O) groups is 4. The highest BCUT2D eigenvalue weighted by Gasteiger charge is 2.70. The number of Topliss-reactive ketones (excluding diaryl/α,β-unsaturated/α-hetero) is 1. The van der Waals surface area contributed by atoms with Gasteiger partial charge in [0.15, 0.2) is 0 Å². The van der Waals surface area contributed by atoms with Crippen molar-refractivity contribution >= 4 is 23.7 Å². The van der Waals surface area contributed by atoms with Crippen molar-refractivity contribution in [3.8, 4) is 0 Å². The number of rotatable bonds is 6. The molecular formula is C30H44O7. The second-order valence-electron chi connectivity index (χ2n) is 12.7. The average Bonchev–Trinajstić information content (AvgIpc) is 3.04. The Bertz CT molecular complexity index is 1010. The van der Waals surface area contributed by atoms with Crippen LogP contribution in [0.1, 0.15) is 99.3 Å². The minimum atomic E-state index is -0.717. The van der Waals surface area contributed by atoms with Crippen molar-refractivity contribution < 1.29 is 33.4 Å². The van der Waals surface area contributed by atoms with E-state index in [1.165, 1.54) is 32.1 Å². The Morgan fingerprint density at radius 1 is 1.00 bits per heavy atom. The molecular weight excluding hydrogens is 472 g/mol. The first kappa shape index (κ1) is 27.8. The minimum Gasteiger partial charge on any atom is -0.469 e. The van der Waals surface area contributed by atoms with Crippen LogP contribution in [0.5, 0.6) is 0 Å². The van der Waals surface area contributed by atoms with Crippen LogP contribution in [0.3, 0.4) is 0 Å². The molecule has 4 aliphatic rings. The normalized spacial score (nSPS) is 39.7. The van der Waals surface area contributed by atoms with Gasteiger partial charge in [0, 0.05) is 38.5 Å². The van der Waals surface area contributed by atoms with Crippen molar-refractivity contribution in [1.29, 1.82) is 0 Å². The molecule has 0 bridgehead atoms. The molecule has 0 radical (unpaired) electrons. The van der Waals surface area contributed by atoms with Gasteiger partial charge in [-0.1, -0.05) is 31.9 Å². The van der Waals surface area contributed by atoms with Crippen molar-refractivity contribution in [1.82, 2.24) is 0 Å². The van der Waals surface area contributed by atoms with E-state index in [2.05, 4.69) is 27.7 Å². The number of methoxy groups -OCH3 is 1. The molecule has 0 spiro atoms. The topological polar surface area (TPSA) is 96.0 Å². The summed E-state index contributed by atoms with van der Waals surface area (Å²) in [6.45, 7) is 11.6. The van der Waals surface area contributed by atoms with Gasteiger partial charge in [0.2, 0.25) is 0 Å². The summed E-state index contributed by atoms with van der Waals surface area (Å²) in [4.78, 5) is 49.9. The standard InChI is InChI=1S/C30H44O7/c1-17(8-11-27(34)35-7)23-15-25(33)29(5)22-10-9-20-14-21(36-18(2)31)12-13-28(20,4)24(22)16-26(30(23,29)6)37-19(3)32/h17,20-21,23,26H,8-16H2,1-7H3/t17-,20-,21-,23-,26+,28+,29-,30+/m1/s1. The number of allylic oxidation sites excluding steroid dienone is 1. The summed E-state index contributed by atoms with van der Waals surface area (Å²) in [6.07, 6.45) is 5.88. The molecule has 0 aromatic heterocycles. The van der Waals surface area contributed by atoms with Crippen LogP contribution in [0.15, 0.2) is 11.1 Å². The largest absolute Gasteiger partial charge is 0.469 e. The van der Waals surface area contributed by atoms with Gasteiger partial charge < -0.3 is 14.2 Å². The first-order valence-electron chi connectivity index (χ1n) is 14.0. The van der Waals surface area contributed by atoms with Crippen molar-refractivity contribution in [3.63, 3.8) is 0 Å². The predicted octanol–water partition coefficient (Wildman–Crippen LogP) is 5.34. The summed E-state index contributed by atoms with van der Waals surface area (Å²) in [6, 6.07) is 0. The minimum absolute atomic E-state index is 0.00158. The molecule has 8 atom stereocenters. The molecule has 7 heteroatoms. The zero-order chi connectivity index (χ0) is 27.3. The summed E-state index contributed by atoms with van der Waals surface area (Å²) < 4.78 is 16.6. The van der Waals surface area contributed by atoms with Crippen LogP contribution >= 0.6 is 0 Å². The molecule has 7 nitrogen and oxygen atoms in total. The Hall–Kier alpha value is -2.18. The summed E-state index contributed by atoms with van der Waals surface area (Å²) in [5.41, 5.74) is 1.18. The highest BCUT2D eigenvalue weighted by molar-refractivity contribution is 5.92. The van der Waals surface area contributed by atoms with Crippen molar-refractivity contribution in [2.24, 2.45) is 34.0 Å². The molecule has 0 N–H and O–H groups in total. The van der Waals surface area contributed by atoms with E-state index < -0.39 is 16.9 Å². The van der Waals surface area contributed by atoms with E-state index in [1.54, 1.807) is 0 Å². The summed E-state index contributed by atoms with van der Waals surface area (Å²) >= 11 is 0. The van der Waals surface area contributed by atoms with Crippen LogP contribution in [0, 0.1) is 34.0 Å². The first-order chi connectivity index (χ1) is 17.3. The van der Waals surface area contributed by atoms with Gasteiger partial charge >= 0.3 is 17.9 Å². The second kappa shape index (κ2) is 9.85. The van der Waals surface area contributed by atoms with E-state index in [9.17, 15) is 19.2 Å². The van der Waals surface area contributed by atoms with E-state index in [0.717, 1.165) is 32.1 Å². The van der Waals surface area contributed by atoms with Gasteiger partial charge in [0.1, 0.15) is 18.0 Å². The van der Waals surface area contributed by atoms with E-state index in [1.807, 2.05) is 0 Å². The van der Waals surface area contributed by atoms with Crippen LogP contribution in [0.4, 0.5) is 0 Å². The summed E-state index contributed by atoms with van der Waals surface area (Å²) in [5.74, 6) is -0.117. The maximum Gasteiger partial charge on any atom is 0.305 e. The summed E-state index contributed by atoms with van der Waals surface area (Å²) in [7, 11) is 1.40. The van der Waals surface area contributed by atoms with E-state index >= 15 is 0 Å². The Morgan fingerprint density at radius 3 is 2.30 bits per heavy atom. The zero-order valence-electron chi connectivity index (χ0n) is 23.6. The zero-order valence-corrected chi connectivity index (χ0v) is 23.6. The van der Waals surface area contributed by atoms with E-state index in [-0.39, 0.29) is 47.0 Å². The lowest BCUT2D eigenvalue weighted by atomic mass is 9.45. The predicted molar refractivity (Wildman–Crippen MR) is 137 cm³/mol. The van der Waals surface area contributed by atoms with Gasteiger partial charge in [0.25, 0.3) is 0 Å². The maximum atomic E-state index is 14.0. The van der Waals surface area contributed by atoms with Crippen LogP contribution in [0.2, 0.25) is 0 Å². The van der Waals surface area contributed by atoms with E-state index in [4.69, 9.17) is 14.2 Å². The third kappa shape index (κ3) is 4.34. The molecule has 0 unspecified atom stereocenters. The van der Waals surface area contributed by atoms with Crippen molar-refractivity contribution in [3.05, 3.63) is 11.1 Å². The average molecular weight is 517 g/mol. The number of fused-ring (bicyclic) bond motifs is 4. The Balaban J connectivity index is 1.75. The van der Waals surface area contributed by atoms with E-state index in [0.29, 0.717) is 31.6 Å². The molecule has 206 valence electrons. The van der Waals surface area contributed by atoms with Crippen molar-refractivity contribution in [2.75, 3.05) is 7.11 Å². The molecule has 4 aliphatic carbocycles. The van der Waals surface area contributed by atoms with Gasteiger partial charge in [-0.05, 0) is 68.6 Å². The number of ketones is 1. The smallest absolute Gasteiger partial charge is 0.305 e. The molecule has 37 heavy (non-hydrogen) atoms. The molecule has 2 fully saturated rings. The summed E-state index contributed by atoms with van der Waals surface area (Å²) in [5, 5.41) is 0. The molecule has 4 rings (SSSR count). The molecule has 0 saturated heterocycles. The Morgan fingerprint density at radius 2 is 1.68 bits per heavy atom. The number of carbonyl (C=O) groups excluding carboxylic acids is 4. The highest BCUT2D eigenvalue weighted by Crippen LogP contribution is 2.70. The van der Waals surface area contributed by atoms with Crippen LogP contribution in [-0.4, -0.2) is 43.0 Å². The van der Waals surface area contributed by atoms with Crippen LogP contribution in [-0.2, 0) is 33.4 Å². The molecule has 0 aromatic rings. The number of esters is 3. The molecule has 2 saturated carbocycles. The first-order valence-corrected chi connectivity index (χ1v) is 14.0. The Labute approximate surface area is 221 Å². The van der Waals surface area contributed by atoms with Crippen LogP contribution in [0.25, 0.3) is 0 Å². The lowest BCUT2D eigenvalue weighted by Gasteiger charge is -2.60. The number of ether oxygens (including phenoxy) is 3. The molecule has 0 heterocycles. The fourth-order valence-electron chi connectivity index (χ4n) is 8.80. The third-order valence-electron chi connectivity index (χ3n) is 11.1. The van der Waals surface area contributed by atoms with Gasteiger partial charge in [-0.25, -0.2) is 0 Å². The maximum absolute atomic E-state index is 14.0. The lowest BCUT2D eigenvalue weighted by molar-refractivity contribution is -0.168. The number of hydrogen-bond donors (Lipinski definition) is 0. The second-order valence-corrected chi connectivity index (χ2v) is 12.7. The fourth-order valence-corrected chi connectivity index (χ4v) is 8.80. The van der Waals surface area contributed by atoms with Gasteiger partial charge in [-0.2, -0.15) is 0 Å². The van der Waals surface area contributed by atoms with Crippen LogP contribution < -0.4 is 0 Å². The quantitative estimate of drug-likeness (QED) is 0.267. The number of hydrogen-bond acceptors (Lipinski definition) is 7. The Kier molecular flexibility index (Phi) is 7.41. The van der Waals surface area contributed by atoms with Gasteiger partial charge in [-0.15, -0.1) is 0 Å². The van der Waals surface area contributed by atoms with Gasteiger partial charge in [-0.3, -0.25) is 19.2 Å². The molecule has 0 aromatic carbocycles. The SMILES string of the molecule is COC(=O)CC[C@@H](C)[C@H]1CC(=O)[C@@]2(C)C3=C(C[C@H](OC(C)=O)[C@]12C)[C@@]1(C)CC[C@@H](OC(C)=O)C[C@H]1CC3. The monoisotopic (exact) mass is 516 g/mol. The highest BCUT2D eigenvalue weighted by atomic mass is 16.5.